The predicted molar refractivity (Wildman–Crippen MR) is 297 cm³/mol. The third kappa shape index (κ3) is 14.5. The molecule has 2 saturated carbocycles. The highest BCUT2D eigenvalue weighted by Crippen LogP contribution is 2.39. The summed E-state index contributed by atoms with van der Waals surface area (Å²) in [5.74, 6) is -1.43. The topological polar surface area (TPSA) is 211 Å². The van der Waals surface area contributed by atoms with Crippen LogP contribution in [0.3, 0.4) is 0 Å². The predicted octanol–water partition coefficient (Wildman–Crippen LogP) is 6.82. The molecule has 4 aromatic rings. The van der Waals surface area contributed by atoms with Gasteiger partial charge in [-0.25, -0.2) is 4.98 Å². The maximum absolute atomic E-state index is 14.7. The highest BCUT2D eigenvalue weighted by molar-refractivity contribution is 7.10. The number of benzene rings is 3. The average Bonchev–Trinajstić information content (AvgIpc) is 4.28. The number of aromatic nitrogens is 1. The van der Waals surface area contributed by atoms with E-state index < -0.39 is 48.4 Å². The van der Waals surface area contributed by atoms with Gasteiger partial charge in [-0.05, 0) is 114 Å². The van der Waals surface area contributed by atoms with Crippen molar-refractivity contribution in [2.24, 2.45) is 11.8 Å². The molecule has 8 unspecified atom stereocenters. The van der Waals surface area contributed by atoms with E-state index in [-0.39, 0.29) is 59.7 Å². The lowest BCUT2D eigenvalue weighted by Crippen LogP contribution is -2.59. The molecular weight excluding hydrogens is 993 g/mol. The lowest BCUT2D eigenvalue weighted by Gasteiger charge is -2.40. The summed E-state index contributed by atoms with van der Waals surface area (Å²) in [4.78, 5) is 91.8. The van der Waals surface area contributed by atoms with Crippen molar-refractivity contribution in [3.8, 4) is 5.75 Å². The molecule has 16 nitrogen and oxygen atoms in total. The maximum atomic E-state index is 14.7. The second-order valence-electron chi connectivity index (χ2n) is 21.7. The molecule has 4 amide bonds. The first-order valence-corrected chi connectivity index (χ1v) is 29.1. The van der Waals surface area contributed by atoms with Gasteiger partial charge in [0.25, 0.3) is 0 Å². The van der Waals surface area contributed by atoms with Crippen molar-refractivity contribution in [3.05, 3.63) is 118 Å². The van der Waals surface area contributed by atoms with Gasteiger partial charge in [-0.1, -0.05) is 111 Å². The Balaban J connectivity index is 0.853. The highest BCUT2D eigenvalue weighted by atomic mass is 32.1. The van der Waals surface area contributed by atoms with Crippen molar-refractivity contribution >= 4 is 46.5 Å². The molecule has 2 saturated heterocycles. The normalized spacial score (nSPS) is 20.9. The summed E-state index contributed by atoms with van der Waals surface area (Å²) in [5.41, 5.74) is 2.52. The number of ketones is 2. The Bertz CT molecular complexity index is 2570. The van der Waals surface area contributed by atoms with Crippen LogP contribution in [0.1, 0.15) is 155 Å². The molecule has 8 atom stereocenters. The number of amides is 4. The Labute approximate surface area is 458 Å². The van der Waals surface area contributed by atoms with Crippen LogP contribution in [0.25, 0.3) is 0 Å². The number of nitrogens with zero attached hydrogens (tertiary/aromatic N) is 3. The summed E-state index contributed by atoms with van der Waals surface area (Å²) in [5, 5.41) is 30.1. The van der Waals surface area contributed by atoms with E-state index in [2.05, 4.69) is 26.6 Å². The molecular formula is C60H80N8O8S. The Morgan fingerprint density at radius 2 is 1.36 bits per heavy atom. The highest BCUT2D eigenvalue weighted by Gasteiger charge is 2.44. The minimum atomic E-state index is -0.894. The molecule has 0 bridgehead atoms. The molecule has 4 aliphatic rings. The number of likely N-dealkylation sites (tertiary alicyclic amines) is 2. The van der Waals surface area contributed by atoms with E-state index in [9.17, 15) is 33.9 Å². The summed E-state index contributed by atoms with van der Waals surface area (Å²) in [7, 11) is 1.75. The van der Waals surface area contributed by atoms with Crippen LogP contribution in [0.2, 0.25) is 0 Å². The van der Waals surface area contributed by atoms with Gasteiger partial charge < -0.3 is 41.3 Å². The Kier molecular flexibility index (Phi) is 20.6. The molecule has 4 fully saturated rings. The van der Waals surface area contributed by atoms with E-state index in [4.69, 9.17) is 9.72 Å². The van der Waals surface area contributed by atoms with E-state index in [0.717, 1.165) is 93.2 Å². The van der Waals surface area contributed by atoms with Gasteiger partial charge >= 0.3 is 0 Å². The van der Waals surface area contributed by atoms with Gasteiger partial charge in [0.2, 0.25) is 29.4 Å². The van der Waals surface area contributed by atoms with Crippen LogP contribution >= 0.6 is 11.3 Å². The van der Waals surface area contributed by atoms with Gasteiger partial charge in [0.1, 0.15) is 41.4 Å². The van der Waals surface area contributed by atoms with Crippen molar-refractivity contribution in [3.63, 3.8) is 0 Å². The number of rotatable bonds is 24. The molecule has 2 aliphatic heterocycles. The fourth-order valence-electron chi connectivity index (χ4n) is 12.1. The summed E-state index contributed by atoms with van der Waals surface area (Å²) in [6.07, 6.45) is 11.6. The van der Waals surface area contributed by atoms with Crippen molar-refractivity contribution < 1.29 is 38.6 Å². The van der Waals surface area contributed by atoms with Gasteiger partial charge in [0, 0.05) is 36.5 Å². The zero-order chi connectivity index (χ0) is 54.4. The van der Waals surface area contributed by atoms with Crippen LogP contribution in [0.4, 0.5) is 0 Å². The van der Waals surface area contributed by atoms with Crippen molar-refractivity contribution in [1.82, 2.24) is 41.4 Å². The molecule has 0 spiro atoms. The summed E-state index contributed by atoms with van der Waals surface area (Å²) >= 11 is 1.41. The van der Waals surface area contributed by atoms with E-state index in [1.807, 2.05) is 72.5 Å². The second kappa shape index (κ2) is 27.6. The number of hydrogen-bond acceptors (Lipinski definition) is 13. The van der Waals surface area contributed by atoms with Gasteiger partial charge in [0.15, 0.2) is 5.78 Å². The molecule has 17 heteroatoms. The van der Waals surface area contributed by atoms with Gasteiger partial charge in [-0.2, -0.15) is 0 Å². The first kappa shape index (κ1) is 57.3. The lowest BCUT2D eigenvalue weighted by atomic mass is 9.82. The molecule has 2 aliphatic carbocycles. The van der Waals surface area contributed by atoms with E-state index in [0.29, 0.717) is 49.5 Å². The number of Topliss-reactive ketones (excluding diaryl/α,β-unsaturated/α-hetero) is 1. The van der Waals surface area contributed by atoms with Crippen LogP contribution in [0, 0.1) is 11.8 Å². The SMILES string of the molecule is CNC(C)C(=O)NC(C1CCCCC1)C(O)N1CCCC1c1nc(C(=O)c2cccc(OCCNC(C)C(=O)NC(C(=O)N3CCCC3C(=O)NC(C(C)=O)C(c3ccccc3)c3ccccc3)C3CCCCC3)c2)cs1. The zero-order valence-electron chi connectivity index (χ0n) is 45.3. The average molecular weight is 1070 g/mol. The first-order valence-electron chi connectivity index (χ1n) is 28.2. The van der Waals surface area contributed by atoms with Crippen LogP contribution < -0.4 is 31.3 Å². The number of carbonyl (C=O) groups is 6. The zero-order valence-corrected chi connectivity index (χ0v) is 46.1. The monoisotopic (exact) mass is 1070 g/mol. The molecule has 77 heavy (non-hydrogen) atoms. The van der Waals surface area contributed by atoms with Crippen molar-refractivity contribution in [1.29, 1.82) is 0 Å². The number of likely N-dealkylation sites (N-methyl/N-ethyl adjacent to an activating group) is 1. The summed E-state index contributed by atoms with van der Waals surface area (Å²) in [6.45, 7) is 6.56. The molecule has 1 aromatic heterocycles. The number of aliphatic hydroxyl groups is 1. The lowest BCUT2D eigenvalue weighted by molar-refractivity contribution is -0.143. The van der Waals surface area contributed by atoms with Gasteiger partial charge in [-0.3, -0.25) is 33.7 Å². The third-order valence-electron chi connectivity index (χ3n) is 16.5. The number of aliphatic hydroxyl groups excluding tert-OH is 1. The van der Waals surface area contributed by atoms with E-state index in [1.54, 1.807) is 48.5 Å². The quantitative estimate of drug-likeness (QED) is 0.0316. The van der Waals surface area contributed by atoms with E-state index >= 15 is 0 Å². The van der Waals surface area contributed by atoms with Crippen molar-refractivity contribution in [2.45, 2.75) is 165 Å². The Hall–Kier alpha value is -5.85. The fraction of sp³-hybridized carbons (Fsp3) is 0.550. The first-order chi connectivity index (χ1) is 37.3. The van der Waals surface area contributed by atoms with E-state index in [1.165, 1.54) is 18.3 Å². The number of ether oxygens (including phenoxy) is 1. The maximum Gasteiger partial charge on any atom is 0.246 e. The fourth-order valence-corrected chi connectivity index (χ4v) is 13.0. The second-order valence-corrected chi connectivity index (χ2v) is 22.6. The largest absolute Gasteiger partial charge is 0.492 e. The van der Waals surface area contributed by atoms with Gasteiger partial charge in [0.05, 0.1) is 30.2 Å². The summed E-state index contributed by atoms with van der Waals surface area (Å²) in [6, 6.07) is 22.1. The molecule has 8 rings (SSSR count). The standard InChI is InChI=1S/C60H80N8O8S/c1-38(61-4)55(71)65-53(44-26-15-8-16-27-44)60(75)68-34-19-31-49(68)58-63-47(37-77-58)54(70)45-28-17-29-46(36-45)76-35-32-62-39(2)56(72)66-52(43-24-13-7-14-25-43)59(74)67-33-18-30-48(67)57(73)64-51(40(3)69)50(41-20-9-5-10-21-41)42-22-11-6-12-23-42/h5-6,9-12,17,20-23,28-29,36-39,43-44,48-53,60-62,75H,7-8,13-16,18-19,24-27,30-35H2,1-4H3,(H,64,73)(H,65,71)(H,66,72). The number of nitrogens with one attached hydrogen (secondary N) is 5. The third-order valence-corrected chi connectivity index (χ3v) is 17.5. The minimum Gasteiger partial charge on any atom is -0.492 e. The van der Waals surface area contributed by atoms with Crippen LogP contribution in [0.15, 0.2) is 90.3 Å². The molecule has 3 aromatic carbocycles. The van der Waals surface area contributed by atoms with Crippen LogP contribution in [0.5, 0.6) is 5.75 Å². The Morgan fingerprint density at radius 3 is 2.01 bits per heavy atom. The molecule has 414 valence electrons. The Morgan fingerprint density at radius 1 is 0.727 bits per heavy atom. The van der Waals surface area contributed by atoms with Crippen LogP contribution in [-0.2, 0) is 24.0 Å². The summed E-state index contributed by atoms with van der Waals surface area (Å²) < 4.78 is 6.08. The molecule has 0 radical (unpaired) electrons. The minimum absolute atomic E-state index is 0.0849. The molecule has 6 N–H and O–H groups in total. The van der Waals surface area contributed by atoms with Crippen molar-refractivity contribution in [2.75, 3.05) is 33.3 Å². The molecule has 3 heterocycles. The smallest absolute Gasteiger partial charge is 0.246 e. The van der Waals surface area contributed by atoms with Crippen LogP contribution in [-0.4, -0.2) is 131 Å². The number of carbonyl (C=O) groups excluding carboxylic acids is 6. The van der Waals surface area contributed by atoms with Gasteiger partial charge in [-0.15, -0.1) is 11.3 Å². The number of hydrogen-bond donors (Lipinski definition) is 6. The number of thiazole rings is 1.